The Balaban J connectivity index is 1.84. The average molecular weight is 417 g/mol. The Hall–Kier alpha value is -4.00. The van der Waals surface area contributed by atoms with Crippen molar-refractivity contribution in [1.29, 1.82) is 0 Å². The lowest BCUT2D eigenvalue weighted by atomic mass is 10.1. The number of nitro benzene ring substituents is 1. The van der Waals surface area contributed by atoms with Gasteiger partial charge in [0.1, 0.15) is 0 Å². The van der Waals surface area contributed by atoms with Crippen molar-refractivity contribution in [2.75, 3.05) is 10.6 Å². The van der Waals surface area contributed by atoms with Crippen LogP contribution < -0.4 is 10.6 Å². The minimum Gasteiger partial charge on any atom is -0.322 e. The van der Waals surface area contributed by atoms with E-state index >= 15 is 0 Å². The number of non-ortho nitro benzene ring substituents is 1. The Morgan fingerprint density at radius 3 is 1.45 bits per heavy atom. The number of amides is 2. The fourth-order valence-corrected chi connectivity index (χ4v) is 3.03. The molecule has 3 aromatic rings. The summed E-state index contributed by atoms with van der Waals surface area (Å²) in [6.45, 7) is 4.06. The monoisotopic (exact) mass is 417 g/mol. The zero-order valence-electron chi connectivity index (χ0n) is 17.3. The summed E-state index contributed by atoms with van der Waals surface area (Å²) in [5.74, 6) is -1.07. The fraction of sp³-hybridized carbons (Fsp3) is 0.167. The maximum atomic E-state index is 12.7. The molecule has 31 heavy (non-hydrogen) atoms. The number of nitrogens with one attached hydrogen (secondary N) is 2. The van der Waals surface area contributed by atoms with Crippen LogP contribution in [0.15, 0.2) is 66.7 Å². The van der Waals surface area contributed by atoms with E-state index < -0.39 is 16.7 Å². The second kappa shape index (κ2) is 9.67. The van der Waals surface area contributed by atoms with Crippen molar-refractivity contribution in [2.45, 2.75) is 26.7 Å². The molecule has 0 aliphatic heterocycles. The molecular weight excluding hydrogens is 394 g/mol. The molecule has 0 aliphatic carbocycles. The van der Waals surface area contributed by atoms with Gasteiger partial charge in [0.2, 0.25) is 0 Å². The van der Waals surface area contributed by atoms with Crippen LogP contribution in [0.5, 0.6) is 0 Å². The third-order valence-corrected chi connectivity index (χ3v) is 4.89. The van der Waals surface area contributed by atoms with Crippen LogP contribution >= 0.6 is 0 Å². The number of anilines is 2. The predicted octanol–water partition coefficient (Wildman–Crippen LogP) is 5.22. The van der Waals surface area contributed by atoms with E-state index in [1.807, 2.05) is 38.1 Å². The molecule has 0 aromatic heterocycles. The molecule has 0 heterocycles. The second-order valence-corrected chi connectivity index (χ2v) is 7.03. The first-order valence-electron chi connectivity index (χ1n) is 9.99. The Labute approximate surface area is 180 Å². The van der Waals surface area contributed by atoms with Gasteiger partial charge in [0.25, 0.3) is 17.5 Å². The first-order valence-corrected chi connectivity index (χ1v) is 9.99. The number of nitrogens with zero attached hydrogens (tertiary/aromatic N) is 1. The Morgan fingerprint density at radius 2 is 1.13 bits per heavy atom. The molecule has 7 heteroatoms. The highest BCUT2D eigenvalue weighted by Crippen LogP contribution is 2.21. The summed E-state index contributed by atoms with van der Waals surface area (Å²) in [5, 5.41) is 16.8. The van der Waals surface area contributed by atoms with E-state index in [9.17, 15) is 19.7 Å². The topological polar surface area (TPSA) is 101 Å². The molecule has 0 bridgehead atoms. The SMILES string of the molecule is CCc1ccc(NC(=O)c2cc(C(=O)Nc3ccc(CC)cc3)cc([N+](=O)[O-])c2)cc1. The van der Waals surface area contributed by atoms with Gasteiger partial charge in [0.15, 0.2) is 0 Å². The summed E-state index contributed by atoms with van der Waals surface area (Å²) in [4.78, 5) is 36.1. The van der Waals surface area contributed by atoms with Gasteiger partial charge in [-0.05, 0) is 54.3 Å². The molecule has 158 valence electrons. The smallest absolute Gasteiger partial charge is 0.271 e. The highest BCUT2D eigenvalue weighted by Gasteiger charge is 2.18. The van der Waals surface area contributed by atoms with Crippen LogP contribution in [0.4, 0.5) is 17.1 Å². The minimum absolute atomic E-state index is 0.0280. The summed E-state index contributed by atoms with van der Waals surface area (Å²) in [5.41, 5.74) is 3.10. The number of rotatable bonds is 7. The minimum atomic E-state index is -0.625. The van der Waals surface area contributed by atoms with Gasteiger partial charge >= 0.3 is 0 Å². The number of hydrogen-bond acceptors (Lipinski definition) is 4. The molecule has 0 saturated carbocycles. The van der Waals surface area contributed by atoms with Crippen LogP contribution in [0.25, 0.3) is 0 Å². The third kappa shape index (κ3) is 5.54. The lowest BCUT2D eigenvalue weighted by molar-refractivity contribution is -0.384. The van der Waals surface area contributed by atoms with Crippen LogP contribution in [0.1, 0.15) is 45.7 Å². The van der Waals surface area contributed by atoms with Crippen LogP contribution in [0, 0.1) is 10.1 Å². The molecular formula is C24H23N3O4. The maximum Gasteiger partial charge on any atom is 0.271 e. The molecule has 7 nitrogen and oxygen atoms in total. The zero-order valence-corrected chi connectivity index (χ0v) is 17.3. The molecule has 3 rings (SSSR count). The van der Waals surface area contributed by atoms with Crippen molar-refractivity contribution in [3.63, 3.8) is 0 Å². The van der Waals surface area contributed by atoms with Gasteiger partial charge in [0, 0.05) is 34.6 Å². The summed E-state index contributed by atoms with van der Waals surface area (Å²) in [6.07, 6.45) is 1.75. The van der Waals surface area contributed by atoms with E-state index in [0.29, 0.717) is 11.4 Å². The highest BCUT2D eigenvalue weighted by molar-refractivity contribution is 6.09. The molecule has 0 fully saturated rings. The molecule has 2 N–H and O–H groups in total. The molecule has 0 atom stereocenters. The maximum absolute atomic E-state index is 12.7. The quantitative estimate of drug-likeness (QED) is 0.406. The Kier molecular flexibility index (Phi) is 6.77. The van der Waals surface area contributed by atoms with Crippen LogP contribution in [-0.2, 0) is 12.8 Å². The molecule has 0 unspecified atom stereocenters. The van der Waals surface area contributed by atoms with Gasteiger partial charge in [-0.3, -0.25) is 19.7 Å². The van der Waals surface area contributed by atoms with Gasteiger partial charge in [0.05, 0.1) is 4.92 Å². The fourth-order valence-electron chi connectivity index (χ4n) is 3.03. The van der Waals surface area contributed by atoms with E-state index in [0.717, 1.165) is 36.1 Å². The number of hydrogen-bond donors (Lipinski definition) is 2. The summed E-state index contributed by atoms with van der Waals surface area (Å²) in [6, 6.07) is 18.3. The summed E-state index contributed by atoms with van der Waals surface area (Å²) >= 11 is 0. The number of nitro groups is 1. The van der Waals surface area contributed by atoms with Crippen molar-refractivity contribution in [1.82, 2.24) is 0 Å². The molecule has 2 amide bonds. The highest BCUT2D eigenvalue weighted by atomic mass is 16.6. The van der Waals surface area contributed by atoms with Crippen LogP contribution in [-0.4, -0.2) is 16.7 Å². The van der Waals surface area contributed by atoms with Crippen molar-refractivity contribution in [3.05, 3.63) is 99.1 Å². The molecule has 0 radical (unpaired) electrons. The first kappa shape index (κ1) is 21.7. The van der Waals surface area contributed by atoms with Gasteiger partial charge in [-0.15, -0.1) is 0 Å². The van der Waals surface area contributed by atoms with Crippen LogP contribution in [0.2, 0.25) is 0 Å². The van der Waals surface area contributed by atoms with E-state index in [1.165, 1.54) is 6.07 Å². The normalized spacial score (nSPS) is 10.4. The van der Waals surface area contributed by atoms with Gasteiger partial charge < -0.3 is 10.6 Å². The number of aryl methyl sites for hydroxylation is 2. The van der Waals surface area contributed by atoms with Gasteiger partial charge in [-0.1, -0.05) is 38.1 Å². The van der Waals surface area contributed by atoms with E-state index in [1.54, 1.807) is 24.3 Å². The molecule has 3 aromatic carbocycles. The van der Waals surface area contributed by atoms with E-state index in [2.05, 4.69) is 10.6 Å². The van der Waals surface area contributed by atoms with Crippen LogP contribution in [0.3, 0.4) is 0 Å². The third-order valence-electron chi connectivity index (χ3n) is 4.89. The lowest BCUT2D eigenvalue weighted by Crippen LogP contribution is -2.16. The summed E-state index contributed by atoms with van der Waals surface area (Å²) < 4.78 is 0. The van der Waals surface area contributed by atoms with Crippen molar-refractivity contribution < 1.29 is 14.5 Å². The number of benzene rings is 3. The Morgan fingerprint density at radius 1 is 0.742 bits per heavy atom. The van der Waals surface area contributed by atoms with E-state index in [-0.39, 0.29) is 16.8 Å². The number of carbonyl (C=O) groups is 2. The summed E-state index contributed by atoms with van der Waals surface area (Å²) in [7, 11) is 0. The standard InChI is InChI=1S/C24H23N3O4/c1-3-16-5-9-20(10-6-16)25-23(28)18-13-19(15-22(14-18)27(30)31)24(29)26-21-11-7-17(4-2)8-12-21/h5-15H,3-4H2,1-2H3,(H,25,28)(H,26,29). The molecule has 0 saturated heterocycles. The van der Waals surface area contributed by atoms with Crippen molar-refractivity contribution in [2.24, 2.45) is 0 Å². The zero-order chi connectivity index (χ0) is 22.4. The average Bonchev–Trinajstić information content (AvgIpc) is 2.79. The van der Waals surface area contributed by atoms with Gasteiger partial charge in [-0.2, -0.15) is 0 Å². The number of carbonyl (C=O) groups excluding carboxylic acids is 2. The molecule has 0 spiro atoms. The van der Waals surface area contributed by atoms with Crippen molar-refractivity contribution >= 4 is 28.9 Å². The van der Waals surface area contributed by atoms with Gasteiger partial charge in [-0.25, -0.2) is 0 Å². The Bertz CT molecular complexity index is 1030. The molecule has 0 aliphatic rings. The predicted molar refractivity (Wildman–Crippen MR) is 121 cm³/mol. The lowest BCUT2D eigenvalue weighted by Gasteiger charge is -2.09. The van der Waals surface area contributed by atoms with Crippen molar-refractivity contribution in [3.8, 4) is 0 Å². The largest absolute Gasteiger partial charge is 0.322 e. The van der Waals surface area contributed by atoms with E-state index in [4.69, 9.17) is 0 Å². The second-order valence-electron chi connectivity index (χ2n) is 7.03. The first-order chi connectivity index (χ1) is 14.9.